The van der Waals surface area contributed by atoms with Crippen molar-refractivity contribution in [2.75, 3.05) is 32.8 Å². The third-order valence-corrected chi connectivity index (χ3v) is 7.99. The van der Waals surface area contributed by atoms with E-state index in [-0.39, 0.29) is 10.8 Å². The van der Waals surface area contributed by atoms with Gasteiger partial charge in [0.1, 0.15) is 13.1 Å². The molecule has 0 aliphatic carbocycles. The van der Waals surface area contributed by atoms with Crippen LogP contribution in [0, 0.1) is 0 Å². The summed E-state index contributed by atoms with van der Waals surface area (Å²) < 4.78 is 7.36. The third kappa shape index (κ3) is 5.78. The van der Waals surface area contributed by atoms with E-state index in [1.807, 2.05) is 59.2 Å². The Kier molecular flexibility index (Phi) is 7.84. The number of halogens is 1. The molecule has 1 N–H and O–H groups in total. The van der Waals surface area contributed by atoms with Gasteiger partial charge in [-0.25, -0.2) is 4.98 Å². The largest absolute Gasteiger partial charge is 0.370 e. The van der Waals surface area contributed by atoms with E-state index in [1.165, 1.54) is 4.90 Å². The molecule has 0 unspecified atom stereocenters. The zero-order valence-corrected chi connectivity index (χ0v) is 21.1. The Balaban J connectivity index is 1.50. The molecule has 2 heterocycles. The molecular formula is C28H29ClN3O2S+. The van der Waals surface area contributed by atoms with Crippen LogP contribution in [0.2, 0.25) is 5.02 Å². The number of morpholine rings is 1. The first kappa shape index (κ1) is 24.1. The van der Waals surface area contributed by atoms with Crippen molar-refractivity contribution in [1.29, 1.82) is 0 Å². The summed E-state index contributed by atoms with van der Waals surface area (Å²) in [4.78, 5) is 20.1. The fourth-order valence-electron chi connectivity index (χ4n) is 4.53. The predicted molar refractivity (Wildman–Crippen MR) is 143 cm³/mol. The number of nitrogens with one attached hydrogen (secondary N) is 1. The molecule has 0 radical (unpaired) electrons. The molecule has 7 heteroatoms. The van der Waals surface area contributed by atoms with Crippen molar-refractivity contribution in [3.8, 4) is 0 Å². The minimum atomic E-state index is -0.0161. The van der Waals surface area contributed by atoms with Crippen LogP contribution < -0.4 is 10.5 Å². The molecule has 5 nitrogen and oxygen atoms in total. The second kappa shape index (κ2) is 11.4. The molecule has 1 fully saturated rings. The van der Waals surface area contributed by atoms with Crippen LogP contribution in [0.25, 0.3) is 10.9 Å². The van der Waals surface area contributed by atoms with Crippen LogP contribution in [0.15, 0.2) is 88.8 Å². The monoisotopic (exact) mass is 506 g/mol. The van der Waals surface area contributed by atoms with Crippen molar-refractivity contribution >= 4 is 34.3 Å². The number of ether oxygens (including phenoxy) is 1. The maximum Gasteiger partial charge on any atom is 0.262 e. The van der Waals surface area contributed by atoms with Crippen LogP contribution in [0.5, 0.6) is 0 Å². The van der Waals surface area contributed by atoms with E-state index in [1.54, 1.807) is 11.8 Å². The fourth-order valence-corrected chi connectivity index (χ4v) is 5.91. The molecule has 1 aliphatic heterocycles. The number of aromatic nitrogens is 2. The average Bonchev–Trinajstić information content (AvgIpc) is 2.90. The first-order chi connectivity index (χ1) is 17.2. The van der Waals surface area contributed by atoms with Crippen molar-refractivity contribution in [1.82, 2.24) is 9.55 Å². The van der Waals surface area contributed by atoms with Crippen molar-refractivity contribution in [3.05, 3.63) is 105 Å². The minimum Gasteiger partial charge on any atom is -0.370 e. The number of nitrogens with zero attached hydrogens (tertiary/aromatic N) is 2. The van der Waals surface area contributed by atoms with Gasteiger partial charge >= 0.3 is 0 Å². The normalized spacial score (nSPS) is 15.3. The molecule has 1 aliphatic rings. The lowest BCUT2D eigenvalue weighted by atomic mass is 10.0. The van der Waals surface area contributed by atoms with E-state index in [9.17, 15) is 4.79 Å². The molecule has 180 valence electrons. The highest BCUT2D eigenvalue weighted by Gasteiger charge is 2.21. The van der Waals surface area contributed by atoms with Crippen LogP contribution >= 0.6 is 23.4 Å². The van der Waals surface area contributed by atoms with Gasteiger partial charge in [-0.3, -0.25) is 9.36 Å². The molecule has 1 aromatic heterocycles. The third-order valence-electron chi connectivity index (χ3n) is 6.44. The number of thioether (sulfide) groups is 1. The second-order valence-corrected chi connectivity index (χ2v) is 10.3. The fraction of sp³-hybridized carbons (Fsp3) is 0.286. The predicted octanol–water partition coefficient (Wildman–Crippen LogP) is 4.24. The number of para-hydroxylation sites is 1. The van der Waals surface area contributed by atoms with Gasteiger partial charge in [0.15, 0.2) is 5.16 Å². The molecule has 0 spiro atoms. The second-order valence-electron chi connectivity index (χ2n) is 8.79. The van der Waals surface area contributed by atoms with Crippen molar-refractivity contribution < 1.29 is 9.64 Å². The summed E-state index contributed by atoms with van der Waals surface area (Å²) in [6.45, 7) is 5.34. The Morgan fingerprint density at radius 1 is 0.943 bits per heavy atom. The van der Waals surface area contributed by atoms with Crippen LogP contribution in [0.3, 0.4) is 0 Å². The highest BCUT2D eigenvalue weighted by Crippen LogP contribution is 2.40. The lowest BCUT2D eigenvalue weighted by Gasteiger charge is -2.24. The van der Waals surface area contributed by atoms with Crippen molar-refractivity contribution in [2.45, 2.75) is 23.4 Å². The molecule has 5 rings (SSSR count). The highest BCUT2D eigenvalue weighted by molar-refractivity contribution is 7.99. The molecular weight excluding hydrogens is 478 g/mol. The summed E-state index contributed by atoms with van der Waals surface area (Å²) in [5.74, 6) is 0. The van der Waals surface area contributed by atoms with E-state index in [0.717, 1.165) is 61.1 Å². The first-order valence-electron chi connectivity index (χ1n) is 12.1. The smallest absolute Gasteiger partial charge is 0.262 e. The quantitative estimate of drug-likeness (QED) is 0.287. The topological polar surface area (TPSA) is 48.6 Å². The zero-order valence-electron chi connectivity index (χ0n) is 19.5. The van der Waals surface area contributed by atoms with Gasteiger partial charge < -0.3 is 9.64 Å². The maximum atomic E-state index is 13.6. The van der Waals surface area contributed by atoms with Gasteiger partial charge in [-0.1, -0.05) is 78.0 Å². The average molecular weight is 507 g/mol. The Labute approximate surface area is 214 Å². The summed E-state index contributed by atoms with van der Waals surface area (Å²) in [5.41, 5.74) is 3.04. The highest BCUT2D eigenvalue weighted by atomic mass is 35.5. The summed E-state index contributed by atoms with van der Waals surface area (Å²) in [7, 11) is 0. The number of quaternary nitrogens is 1. The van der Waals surface area contributed by atoms with Gasteiger partial charge in [-0.15, -0.1) is 0 Å². The van der Waals surface area contributed by atoms with Crippen LogP contribution in [0.1, 0.15) is 22.8 Å². The van der Waals surface area contributed by atoms with E-state index < -0.39 is 0 Å². The van der Waals surface area contributed by atoms with Crippen LogP contribution in [-0.2, 0) is 11.3 Å². The lowest BCUT2D eigenvalue weighted by Crippen LogP contribution is -3.14. The Morgan fingerprint density at radius 3 is 2.40 bits per heavy atom. The van der Waals surface area contributed by atoms with Gasteiger partial charge in [0, 0.05) is 18.0 Å². The molecule has 35 heavy (non-hydrogen) atoms. The standard InChI is InChI=1S/C28H28ClN3O2S/c29-23-13-11-22(12-14-23)26(21-7-2-1-3-8-21)35-28-30-25-10-5-4-9-24(25)27(33)32(28)16-6-15-31-17-19-34-20-18-31/h1-5,7-14,26H,6,15-20H2/p+1/t26-/m1/s1. The summed E-state index contributed by atoms with van der Waals surface area (Å²) in [6.07, 6.45) is 0.916. The Bertz CT molecular complexity index is 1320. The van der Waals surface area contributed by atoms with Crippen molar-refractivity contribution in [3.63, 3.8) is 0 Å². The first-order valence-corrected chi connectivity index (χ1v) is 13.3. The van der Waals surface area contributed by atoms with Gasteiger partial charge in [0.05, 0.1) is 35.9 Å². The van der Waals surface area contributed by atoms with Crippen molar-refractivity contribution in [2.24, 2.45) is 0 Å². The van der Waals surface area contributed by atoms with Crippen LogP contribution in [0.4, 0.5) is 0 Å². The number of hydrogen-bond acceptors (Lipinski definition) is 4. The van der Waals surface area contributed by atoms with Gasteiger partial charge in [0.2, 0.25) is 0 Å². The van der Waals surface area contributed by atoms with E-state index in [0.29, 0.717) is 17.0 Å². The molecule has 0 bridgehead atoms. The Morgan fingerprint density at radius 2 is 1.63 bits per heavy atom. The number of rotatable bonds is 8. The molecule has 0 saturated carbocycles. The number of fused-ring (bicyclic) bond motifs is 1. The minimum absolute atomic E-state index is 0.0161. The molecule has 0 amide bonds. The molecule has 3 aromatic carbocycles. The number of benzene rings is 3. The lowest BCUT2D eigenvalue weighted by molar-refractivity contribution is -0.908. The van der Waals surface area contributed by atoms with Crippen LogP contribution in [-0.4, -0.2) is 42.4 Å². The van der Waals surface area contributed by atoms with E-state index >= 15 is 0 Å². The summed E-state index contributed by atoms with van der Waals surface area (Å²) in [5, 5.41) is 2.10. The summed E-state index contributed by atoms with van der Waals surface area (Å²) >= 11 is 7.81. The molecule has 1 atom stereocenters. The van der Waals surface area contributed by atoms with Gasteiger partial charge in [-0.05, 0) is 35.4 Å². The zero-order chi connectivity index (χ0) is 24.0. The molecule has 1 saturated heterocycles. The van der Waals surface area contributed by atoms with E-state index in [4.69, 9.17) is 21.3 Å². The Hall–Kier alpha value is -2.64. The molecule has 4 aromatic rings. The summed E-state index contributed by atoms with van der Waals surface area (Å²) in [6, 6.07) is 25.9. The SMILES string of the molecule is O=c1c2ccccc2nc(S[C@H](c2ccccc2)c2ccc(Cl)cc2)n1CCC[NH+]1CCOCC1. The maximum absolute atomic E-state index is 13.6. The van der Waals surface area contributed by atoms with E-state index in [2.05, 4.69) is 24.3 Å². The number of hydrogen-bond donors (Lipinski definition) is 1. The van der Waals surface area contributed by atoms with Gasteiger partial charge in [0.25, 0.3) is 5.56 Å². The van der Waals surface area contributed by atoms with Gasteiger partial charge in [-0.2, -0.15) is 0 Å².